The Kier molecular flexibility index (Phi) is 4.86. The van der Waals surface area contributed by atoms with E-state index >= 15 is 0 Å². The Morgan fingerprint density at radius 3 is 2.21 bits per heavy atom. The summed E-state index contributed by atoms with van der Waals surface area (Å²) in [5.41, 5.74) is 3.73. The Bertz CT molecular complexity index is 502. The maximum atomic E-state index is 5.95. The molecule has 0 bridgehead atoms. The topological polar surface area (TPSA) is 12.0 Å². The minimum Gasteiger partial charge on any atom is -0.378 e. The van der Waals surface area contributed by atoms with E-state index in [0.717, 1.165) is 17.9 Å². The smallest absolute Gasteiger partial charge is 0.0513 e. The fourth-order valence-electron chi connectivity index (χ4n) is 2.16. The van der Waals surface area contributed by atoms with Crippen molar-refractivity contribution in [3.05, 3.63) is 64.7 Å². The number of anilines is 1. The van der Waals surface area contributed by atoms with Crippen LogP contribution in [0.5, 0.6) is 0 Å². The van der Waals surface area contributed by atoms with Crippen molar-refractivity contribution in [1.29, 1.82) is 0 Å². The summed E-state index contributed by atoms with van der Waals surface area (Å²) in [7, 11) is 0. The van der Waals surface area contributed by atoms with Gasteiger partial charge >= 0.3 is 0 Å². The van der Waals surface area contributed by atoms with E-state index in [4.69, 9.17) is 11.6 Å². The second kappa shape index (κ2) is 6.63. The van der Waals surface area contributed by atoms with E-state index in [0.29, 0.717) is 6.04 Å². The molecule has 1 unspecified atom stereocenters. The highest BCUT2D eigenvalue weighted by atomic mass is 35.5. The normalized spacial score (nSPS) is 12.2. The van der Waals surface area contributed by atoms with Gasteiger partial charge in [0.25, 0.3) is 0 Å². The highest BCUT2D eigenvalue weighted by molar-refractivity contribution is 6.30. The lowest BCUT2D eigenvalue weighted by atomic mass is 10.0. The van der Waals surface area contributed by atoms with Crippen molar-refractivity contribution in [3.63, 3.8) is 0 Å². The van der Waals surface area contributed by atoms with Gasteiger partial charge in [-0.2, -0.15) is 0 Å². The number of halogens is 1. The van der Waals surface area contributed by atoms with Crippen LogP contribution in [0, 0.1) is 6.92 Å². The van der Waals surface area contributed by atoms with Crippen molar-refractivity contribution in [2.75, 3.05) is 5.32 Å². The molecular formula is C17H20ClN. The number of benzene rings is 2. The summed E-state index contributed by atoms with van der Waals surface area (Å²) < 4.78 is 0. The SMILES string of the molecule is CCCC(Nc1ccc(C)cc1)c1ccc(Cl)cc1. The monoisotopic (exact) mass is 273 g/mol. The van der Waals surface area contributed by atoms with Crippen molar-refractivity contribution in [2.45, 2.75) is 32.7 Å². The molecular weight excluding hydrogens is 254 g/mol. The van der Waals surface area contributed by atoms with Gasteiger partial charge in [0, 0.05) is 10.7 Å². The van der Waals surface area contributed by atoms with Crippen LogP contribution in [-0.4, -0.2) is 0 Å². The lowest BCUT2D eigenvalue weighted by Crippen LogP contribution is -2.10. The minimum absolute atomic E-state index is 0.338. The van der Waals surface area contributed by atoms with Crippen molar-refractivity contribution in [3.8, 4) is 0 Å². The van der Waals surface area contributed by atoms with Gasteiger partial charge in [-0.15, -0.1) is 0 Å². The molecule has 2 rings (SSSR count). The third kappa shape index (κ3) is 4.00. The van der Waals surface area contributed by atoms with Crippen molar-refractivity contribution in [2.24, 2.45) is 0 Å². The average molecular weight is 274 g/mol. The molecule has 100 valence electrons. The maximum absolute atomic E-state index is 5.95. The van der Waals surface area contributed by atoms with E-state index < -0.39 is 0 Å². The zero-order valence-electron chi connectivity index (χ0n) is 11.5. The molecule has 0 aromatic heterocycles. The average Bonchev–Trinajstić information content (AvgIpc) is 2.42. The van der Waals surface area contributed by atoms with Gasteiger partial charge < -0.3 is 5.32 Å². The number of aryl methyl sites for hydroxylation is 1. The summed E-state index contributed by atoms with van der Waals surface area (Å²) in [6.07, 6.45) is 2.25. The fraction of sp³-hybridized carbons (Fsp3) is 0.294. The van der Waals surface area contributed by atoms with Gasteiger partial charge in [-0.1, -0.05) is 54.8 Å². The quantitative estimate of drug-likeness (QED) is 0.747. The van der Waals surface area contributed by atoms with Gasteiger partial charge in [0.2, 0.25) is 0 Å². The molecule has 1 N–H and O–H groups in total. The van der Waals surface area contributed by atoms with Crippen LogP contribution in [0.25, 0.3) is 0 Å². The molecule has 0 saturated carbocycles. The summed E-state index contributed by atoms with van der Waals surface area (Å²) in [6, 6.07) is 17.0. The highest BCUT2D eigenvalue weighted by Gasteiger charge is 2.10. The van der Waals surface area contributed by atoms with E-state index in [9.17, 15) is 0 Å². The van der Waals surface area contributed by atoms with E-state index in [-0.39, 0.29) is 0 Å². The summed E-state index contributed by atoms with van der Waals surface area (Å²) in [5.74, 6) is 0. The molecule has 0 fully saturated rings. The Morgan fingerprint density at radius 2 is 1.63 bits per heavy atom. The molecule has 0 aliphatic carbocycles. The molecule has 1 nitrogen and oxygen atoms in total. The first-order chi connectivity index (χ1) is 9.19. The third-order valence-corrected chi connectivity index (χ3v) is 3.49. The predicted molar refractivity (Wildman–Crippen MR) is 83.9 cm³/mol. The zero-order valence-corrected chi connectivity index (χ0v) is 12.2. The maximum Gasteiger partial charge on any atom is 0.0513 e. The van der Waals surface area contributed by atoms with Crippen LogP contribution in [0.4, 0.5) is 5.69 Å². The van der Waals surface area contributed by atoms with Crippen LogP contribution >= 0.6 is 11.6 Å². The van der Waals surface area contributed by atoms with E-state index in [2.05, 4.69) is 55.6 Å². The molecule has 1 atom stereocenters. The highest BCUT2D eigenvalue weighted by Crippen LogP contribution is 2.25. The summed E-state index contributed by atoms with van der Waals surface area (Å²) in [4.78, 5) is 0. The molecule has 0 radical (unpaired) electrons. The largest absolute Gasteiger partial charge is 0.378 e. The lowest BCUT2D eigenvalue weighted by Gasteiger charge is -2.20. The molecule has 0 spiro atoms. The van der Waals surface area contributed by atoms with Crippen LogP contribution in [0.15, 0.2) is 48.5 Å². The fourth-order valence-corrected chi connectivity index (χ4v) is 2.28. The standard InChI is InChI=1S/C17H20ClN/c1-3-4-17(14-7-9-15(18)10-8-14)19-16-11-5-13(2)6-12-16/h5-12,17,19H,3-4H2,1-2H3. The molecule has 19 heavy (non-hydrogen) atoms. The van der Waals surface area contributed by atoms with Crippen LogP contribution in [0.1, 0.15) is 36.9 Å². The molecule has 2 aromatic rings. The Labute approximate surface area is 120 Å². The van der Waals surface area contributed by atoms with Gasteiger partial charge in [0.05, 0.1) is 6.04 Å². The number of hydrogen-bond donors (Lipinski definition) is 1. The first-order valence-corrected chi connectivity index (χ1v) is 7.15. The Hall–Kier alpha value is -1.47. The van der Waals surface area contributed by atoms with Gasteiger partial charge in [-0.05, 0) is 43.2 Å². The predicted octanol–water partition coefficient (Wildman–Crippen LogP) is 5.60. The lowest BCUT2D eigenvalue weighted by molar-refractivity contribution is 0.677. The molecule has 0 saturated heterocycles. The van der Waals surface area contributed by atoms with Gasteiger partial charge in [0.15, 0.2) is 0 Å². The molecule has 0 aliphatic rings. The van der Waals surface area contributed by atoms with E-state index in [1.807, 2.05) is 12.1 Å². The van der Waals surface area contributed by atoms with E-state index in [1.54, 1.807) is 0 Å². The first kappa shape index (κ1) is 14.0. The number of rotatable bonds is 5. The molecule has 2 aromatic carbocycles. The van der Waals surface area contributed by atoms with Crippen LogP contribution < -0.4 is 5.32 Å². The zero-order chi connectivity index (χ0) is 13.7. The summed E-state index contributed by atoms with van der Waals surface area (Å²) in [6.45, 7) is 4.31. The van der Waals surface area contributed by atoms with Crippen LogP contribution in [-0.2, 0) is 0 Å². The minimum atomic E-state index is 0.338. The second-order valence-electron chi connectivity index (χ2n) is 4.90. The number of nitrogens with one attached hydrogen (secondary N) is 1. The molecule has 0 amide bonds. The van der Waals surface area contributed by atoms with Gasteiger partial charge in [-0.25, -0.2) is 0 Å². The van der Waals surface area contributed by atoms with E-state index in [1.165, 1.54) is 16.8 Å². The summed E-state index contributed by atoms with van der Waals surface area (Å²) >= 11 is 5.95. The van der Waals surface area contributed by atoms with Crippen LogP contribution in [0.3, 0.4) is 0 Å². The van der Waals surface area contributed by atoms with Gasteiger partial charge in [-0.3, -0.25) is 0 Å². The second-order valence-corrected chi connectivity index (χ2v) is 5.34. The third-order valence-electron chi connectivity index (χ3n) is 3.24. The molecule has 2 heteroatoms. The van der Waals surface area contributed by atoms with Gasteiger partial charge in [0.1, 0.15) is 0 Å². The first-order valence-electron chi connectivity index (χ1n) is 6.77. The van der Waals surface area contributed by atoms with Crippen LogP contribution in [0.2, 0.25) is 5.02 Å². The summed E-state index contributed by atoms with van der Waals surface area (Å²) in [5, 5.41) is 4.39. The Balaban J connectivity index is 2.15. The van der Waals surface area contributed by atoms with Crippen molar-refractivity contribution in [1.82, 2.24) is 0 Å². The van der Waals surface area contributed by atoms with Crippen molar-refractivity contribution >= 4 is 17.3 Å². The molecule has 0 aliphatic heterocycles. The Morgan fingerprint density at radius 1 is 1.00 bits per heavy atom. The van der Waals surface area contributed by atoms with Crippen molar-refractivity contribution < 1.29 is 0 Å². The number of hydrogen-bond acceptors (Lipinski definition) is 1. The molecule has 0 heterocycles.